The Labute approximate surface area is 128 Å². The number of anilines is 1. The number of H-pyrrole nitrogens is 1. The van der Waals surface area contributed by atoms with Gasteiger partial charge < -0.3 is 4.90 Å². The van der Waals surface area contributed by atoms with E-state index in [4.69, 9.17) is 0 Å². The summed E-state index contributed by atoms with van der Waals surface area (Å²) in [5.41, 5.74) is 2.17. The molecule has 2 aromatic heterocycles. The van der Waals surface area contributed by atoms with Crippen molar-refractivity contribution in [2.45, 2.75) is 6.54 Å². The minimum Gasteiger partial charge on any atom is -0.353 e. The van der Waals surface area contributed by atoms with Crippen molar-refractivity contribution < 1.29 is 0 Å². The van der Waals surface area contributed by atoms with Gasteiger partial charge in [-0.2, -0.15) is 5.10 Å². The van der Waals surface area contributed by atoms with Crippen LogP contribution in [0.2, 0.25) is 0 Å². The van der Waals surface area contributed by atoms with Gasteiger partial charge in [-0.1, -0.05) is 30.3 Å². The lowest BCUT2D eigenvalue weighted by Crippen LogP contribution is -2.46. The van der Waals surface area contributed by atoms with Crippen LogP contribution < -0.4 is 4.90 Å². The Morgan fingerprint density at radius 3 is 2.64 bits per heavy atom. The first kappa shape index (κ1) is 13.2. The first-order chi connectivity index (χ1) is 10.9. The largest absolute Gasteiger partial charge is 0.353 e. The lowest BCUT2D eigenvalue weighted by Gasteiger charge is -2.35. The van der Waals surface area contributed by atoms with E-state index >= 15 is 0 Å². The van der Waals surface area contributed by atoms with E-state index in [-0.39, 0.29) is 0 Å². The third kappa shape index (κ3) is 2.53. The molecule has 112 valence electrons. The van der Waals surface area contributed by atoms with Crippen molar-refractivity contribution in [3.8, 4) is 0 Å². The van der Waals surface area contributed by atoms with E-state index in [1.165, 1.54) is 5.56 Å². The smallest absolute Gasteiger partial charge is 0.160 e. The van der Waals surface area contributed by atoms with Crippen LogP contribution in [0.3, 0.4) is 0 Å². The molecule has 1 aliphatic heterocycles. The van der Waals surface area contributed by atoms with Gasteiger partial charge >= 0.3 is 0 Å². The number of nitrogens with one attached hydrogen (secondary N) is 1. The average molecular weight is 294 g/mol. The van der Waals surface area contributed by atoms with Crippen LogP contribution in [0.15, 0.2) is 42.9 Å². The maximum absolute atomic E-state index is 4.45. The maximum atomic E-state index is 4.45. The van der Waals surface area contributed by atoms with E-state index in [0.29, 0.717) is 0 Å². The Hall–Kier alpha value is -2.47. The molecule has 3 aromatic rings. The molecule has 0 unspecified atom stereocenters. The highest BCUT2D eigenvalue weighted by Gasteiger charge is 2.20. The second-order valence-electron chi connectivity index (χ2n) is 5.58. The van der Waals surface area contributed by atoms with Gasteiger partial charge in [-0.15, -0.1) is 0 Å². The minimum atomic E-state index is 0.803. The predicted molar refractivity (Wildman–Crippen MR) is 85.6 cm³/mol. The second kappa shape index (κ2) is 5.73. The van der Waals surface area contributed by atoms with Crippen molar-refractivity contribution in [1.29, 1.82) is 0 Å². The zero-order valence-electron chi connectivity index (χ0n) is 12.3. The van der Waals surface area contributed by atoms with E-state index in [1.807, 2.05) is 0 Å². The highest BCUT2D eigenvalue weighted by atomic mass is 15.3. The van der Waals surface area contributed by atoms with Gasteiger partial charge in [0.15, 0.2) is 5.65 Å². The number of aromatic amines is 1. The number of hydrogen-bond acceptors (Lipinski definition) is 5. The predicted octanol–water partition coefficient (Wildman–Crippen LogP) is 1.68. The van der Waals surface area contributed by atoms with Gasteiger partial charge in [0, 0.05) is 32.7 Å². The molecular formula is C16H18N6. The summed E-state index contributed by atoms with van der Waals surface area (Å²) >= 11 is 0. The van der Waals surface area contributed by atoms with Crippen LogP contribution in [0, 0.1) is 0 Å². The molecule has 1 aliphatic rings. The maximum Gasteiger partial charge on any atom is 0.160 e. The molecule has 1 N–H and O–H groups in total. The first-order valence-corrected chi connectivity index (χ1v) is 7.55. The number of rotatable bonds is 3. The molecule has 0 atom stereocenters. The molecule has 0 aliphatic carbocycles. The van der Waals surface area contributed by atoms with E-state index in [9.17, 15) is 0 Å². The second-order valence-corrected chi connectivity index (χ2v) is 5.58. The van der Waals surface area contributed by atoms with Crippen molar-refractivity contribution in [2.75, 3.05) is 31.1 Å². The molecule has 0 radical (unpaired) electrons. The van der Waals surface area contributed by atoms with Gasteiger partial charge in [-0.3, -0.25) is 10.00 Å². The van der Waals surface area contributed by atoms with Gasteiger partial charge in [-0.05, 0) is 5.56 Å². The van der Waals surface area contributed by atoms with E-state index in [0.717, 1.165) is 49.6 Å². The molecule has 0 saturated carbocycles. The molecule has 6 nitrogen and oxygen atoms in total. The lowest BCUT2D eigenvalue weighted by atomic mass is 10.2. The standard InChI is InChI=1S/C16H18N6/c1-2-4-13(5-3-1)11-21-6-8-22(9-7-21)16-14-10-19-20-15(14)17-12-18-16/h1-5,10,12H,6-9,11H2,(H,17,18,19,20). The van der Waals surface area contributed by atoms with Crippen molar-refractivity contribution in [2.24, 2.45) is 0 Å². The molecule has 0 amide bonds. The summed E-state index contributed by atoms with van der Waals surface area (Å²) in [4.78, 5) is 13.5. The molecule has 3 heterocycles. The molecule has 1 fully saturated rings. The molecule has 22 heavy (non-hydrogen) atoms. The summed E-state index contributed by atoms with van der Waals surface area (Å²) in [6, 6.07) is 10.6. The Bertz CT molecular complexity index is 745. The SMILES string of the molecule is c1ccc(CN2CCN(c3ncnc4[nH]ncc34)CC2)cc1. The number of piperazine rings is 1. The Balaban J connectivity index is 1.45. The average Bonchev–Trinajstić information content (AvgIpc) is 3.05. The Kier molecular flexibility index (Phi) is 3.44. The van der Waals surface area contributed by atoms with Gasteiger partial charge in [0.05, 0.1) is 11.6 Å². The highest BCUT2D eigenvalue weighted by Crippen LogP contribution is 2.22. The van der Waals surface area contributed by atoms with Gasteiger partial charge in [0.1, 0.15) is 12.1 Å². The van der Waals surface area contributed by atoms with Crippen LogP contribution >= 0.6 is 0 Å². The third-order valence-electron chi connectivity index (χ3n) is 4.15. The number of benzene rings is 1. The zero-order chi connectivity index (χ0) is 14.8. The third-order valence-corrected chi connectivity index (χ3v) is 4.15. The monoisotopic (exact) mass is 294 g/mol. The summed E-state index contributed by atoms with van der Waals surface area (Å²) in [5, 5.41) is 7.96. The van der Waals surface area contributed by atoms with Crippen LogP contribution in [0.4, 0.5) is 5.82 Å². The van der Waals surface area contributed by atoms with E-state index < -0.39 is 0 Å². The quantitative estimate of drug-likeness (QED) is 0.796. The van der Waals surface area contributed by atoms with Crippen molar-refractivity contribution in [3.63, 3.8) is 0 Å². The van der Waals surface area contributed by atoms with Crippen molar-refractivity contribution >= 4 is 16.9 Å². The summed E-state index contributed by atoms with van der Waals surface area (Å²) in [7, 11) is 0. The van der Waals surface area contributed by atoms with Gasteiger partial charge in [0.2, 0.25) is 0 Å². The fraction of sp³-hybridized carbons (Fsp3) is 0.312. The number of hydrogen-bond donors (Lipinski definition) is 1. The fourth-order valence-corrected chi connectivity index (χ4v) is 2.96. The van der Waals surface area contributed by atoms with Crippen LogP contribution in [0.5, 0.6) is 0 Å². The van der Waals surface area contributed by atoms with Gasteiger partial charge in [0.25, 0.3) is 0 Å². The van der Waals surface area contributed by atoms with Crippen LogP contribution in [0.25, 0.3) is 11.0 Å². The summed E-state index contributed by atoms with van der Waals surface area (Å²) in [5.74, 6) is 0.984. The molecule has 6 heteroatoms. The number of nitrogens with zero attached hydrogens (tertiary/aromatic N) is 5. The number of fused-ring (bicyclic) bond motifs is 1. The molecule has 0 spiro atoms. The summed E-state index contributed by atoms with van der Waals surface area (Å²) in [6.07, 6.45) is 3.41. The van der Waals surface area contributed by atoms with Crippen molar-refractivity contribution in [1.82, 2.24) is 25.1 Å². The number of aromatic nitrogens is 4. The molecule has 0 bridgehead atoms. The highest BCUT2D eigenvalue weighted by molar-refractivity contribution is 5.86. The van der Waals surface area contributed by atoms with Crippen LogP contribution in [-0.2, 0) is 6.54 Å². The van der Waals surface area contributed by atoms with Crippen molar-refractivity contribution in [3.05, 3.63) is 48.4 Å². The van der Waals surface area contributed by atoms with Crippen LogP contribution in [-0.4, -0.2) is 51.2 Å². The fourth-order valence-electron chi connectivity index (χ4n) is 2.96. The zero-order valence-corrected chi connectivity index (χ0v) is 12.3. The first-order valence-electron chi connectivity index (χ1n) is 7.55. The van der Waals surface area contributed by atoms with Crippen LogP contribution in [0.1, 0.15) is 5.56 Å². The normalized spacial score (nSPS) is 16.3. The minimum absolute atomic E-state index is 0.803. The Morgan fingerprint density at radius 2 is 1.82 bits per heavy atom. The molecule has 1 aromatic carbocycles. The summed E-state index contributed by atoms with van der Waals surface area (Å²) < 4.78 is 0. The Morgan fingerprint density at radius 1 is 1.00 bits per heavy atom. The van der Waals surface area contributed by atoms with Gasteiger partial charge in [-0.25, -0.2) is 9.97 Å². The summed E-state index contributed by atoms with van der Waals surface area (Å²) in [6.45, 7) is 5.05. The van der Waals surface area contributed by atoms with E-state index in [2.05, 4.69) is 60.3 Å². The molecule has 1 saturated heterocycles. The van der Waals surface area contributed by atoms with E-state index in [1.54, 1.807) is 12.5 Å². The molecule has 4 rings (SSSR count). The lowest BCUT2D eigenvalue weighted by molar-refractivity contribution is 0.249. The topological polar surface area (TPSA) is 60.9 Å². The molecular weight excluding hydrogens is 276 g/mol.